The highest BCUT2D eigenvalue weighted by molar-refractivity contribution is 5.84. The molecule has 6 heteroatoms. The smallest absolute Gasteiger partial charge is 0.422 e. The molecule has 0 unspecified atom stereocenters. The molecule has 3 aromatic rings. The minimum absolute atomic E-state index is 0.269. The summed E-state index contributed by atoms with van der Waals surface area (Å²) in [5.74, 6) is -0.191. The van der Waals surface area contributed by atoms with E-state index in [2.05, 4.69) is 23.8 Å². The summed E-state index contributed by atoms with van der Waals surface area (Å²) in [5, 5.41) is 1.47. The average molecular weight is 519 g/mol. The van der Waals surface area contributed by atoms with Crippen LogP contribution < -0.4 is 4.74 Å². The topological polar surface area (TPSA) is 9.23 Å². The predicted octanol–water partition coefficient (Wildman–Crippen LogP) is 9.70. The van der Waals surface area contributed by atoms with Crippen molar-refractivity contribution in [2.45, 2.75) is 83.2 Å². The number of fused-ring (bicyclic) bond motifs is 1. The third-order valence-electron chi connectivity index (χ3n) is 7.66. The monoisotopic (exact) mass is 518 g/mol. The summed E-state index contributed by atoms with van der Waals surface area (Å²) in [4.78, 5) is 0. The molecule has 0 aliphatic heterocycles. The van der Waals surface area contributed by atoms with Gasteiger partial charge in [0.1, 0.15) is 5.82 Å². The van der Waals surface area contributed by atoms with Crippen molar-refractivity contribution in [2.24, 2.45) is 5.92 Å². The molecule has 0 aromatic heterocycles. The minimum Gasteiger partial charge on any atom is -0.481 e. The van der Waals surface area contributed by atoms with E-state index in [1.165, 1.54) is 69.1 Å². The molecule has 0 heterocycles. The molecule has 1 aliphatic rings. The Morgan fingerprint density at radius 2 is 1.65 bits per heavy atom. The van der Waals surface area contributed by atoms with E-state index in [1.807, 2.05) is 12.1 Å². The first kappa shape index (κ1) is 27.4. The van der Waals surface area contributed by atoms with Gasteiger partial charge in [-0.05, 0) is 84.6 Å². The van der Waals surface area contributed by atoms with Gasteiger partial charge in [-0.1, -0.05) is 69.0 Å². The van der Waals surface area contributed by atoms with Crippen LogP contribution in [0.3, 0.4) is 0 Å². The van der Waals surface area contributed by atoms with Crippen LogP contribution in [0.2, 0.25) is 0 Å². The minimum atomic E-state index is -4.53. The van der Waals surface area contributed by atoms with Crippen LogP contribution in [-0.4, -0.2) is 12.8 Å². The summed E-state index contributed by atoms with van der Waals surface area (Å²) in [7, 11) is 0. The summed E-state index contributed by atoms with van der Waals surface area (Å²) >= 11 is 0. The Kier molecular flexibility index (Phi) is 9.09. The van der Waals surface area contributed by atoms with Crippen molar-refractivity contribution < 1.29 is 26.7 Å². The van der Waals surface area contributed by atoms with Crippen molar-refractivity contribution in [3.63, 3.8) is 0 Å². The number of rotatable bonds is 10. The number of unbranched alkanes of at least 4 members (excludes halogenated alkanes) is 2. The van der Waals surface area contributed by atoms with Crippen LogP contribution in [-0.2, 0) is 12.8 Å². The van der Waals surface area contributed by atoms with E-state index in [1.54, 1.807) is 6.07 Å². The molecule has 0 atom stereocenters. The molecule has 1 aliphatic carbocycles. The second kappa shape index (κ2) is 12.3. The number of aryl methyl sites for hydroxylation is 2. The third kappa shape index (κ3) is 7.45. The summed E-state index contributed by atoms with van der Waals surface area (Å²) < 4.78 is 70.9. The zero-order valence-electron chi connectivity index (χ0n) is 21.3. The largest absolute Gasteiger partial charge is 0.481 e. The molecule has 200 valence electrons. The van der Waals surface area contributed by atoms with E-state index < -0.39 is 24.3 Å². The third-order valence-corrected chi connectivity index (χ3v) is 7.66. The Hall–Kier alpha value is -2.63. The van der Waals surface area contributed by atoms with Crippen LogP contribution in [0, 0.1) is 17.6 Å². The van der Waals surface area contributed by atoms with Gasteiger partial charge in [-0.3, -0.25) is 0 Å². The van der Waals surface area contributed by atoms with E-state index in [0.29, 0.717) is 35.3 Å². The molecule has 1 fully saturated rings. The lowest BCUT2D eigenvalue weighted by Crippen LogP contribution is -2.19. The molecule has 0 N–H and O–H groups in total. The fraction of sp³-hybridized carbons (Fsp3) is 0.484. The van der Waals surface area contributed by atoms with Crippen LogP contribution in [0.25, 0.3) is 10.8 Å². The molecule has 1 saturated carbocycles. The Labute approximate surface area is 216 Å². The Morgan fingerprint density at radius 1 is 0.865 bits per heavy atom. The van der Waals surface area contributed by atoms with Gasteiger partial charge < -0.3 is 4.74 Å². The van der Waals surface area contributed by atoms with Crippen LogP contribution >= 0.6 is 0 Å². The molecule has 1 nitrogen and oxygen atoms in total. The fourth-order valence-electron chi connectivity index (χ4n) is 5.53. The van der Waals surface area contributed by atoms with Crippen molar-refractivity contribution in [1.29, 1.82) is 0 Å². The highest BCUT2D eigenvalue weighted by Gasteiger charge is 2.29. The Bertz CT molecular complexity index is 1180. The summed E-state index contributed by atoms with van der Waals surface area (Å²) in [5.41, 5.74) is 2.39. The van der Waals surface area contributed by atoms with Crippen molar-refractivity contribution in [3.8, 4) is 5.75 Å². The SMILES string of the molecule is CCCCCC1CCC(c2ccc3c(F)c(CCc4ccc(OCC(F)(F)F)c(F)c4)ccc3c2)CC1. The maximum absolute atomic E-state index is 15.3. The van der Waals surface area contributed by atoms with Crippen molar-refractivity contribution in [1.82, 2.24) is 0 Å². The van der Waals surface area contributed by atoms with E-state index in [4.69, 9.17) is 0 Å². The number of halogens is 5. The second-order valence-corrected chi connectivity index (χ2v) is 10.4. The molecule has 0 radical (unpaired) electrons. The van der Waals surface area contributed by atoms with Crippen molar-refractivity contribution in [3.05, 3.63) is 76.9 Å². The van der Waals surface area contributed by atoms with Crippen LogP contribution in [0.1, 0.15) is 80.9 Å². The molecule has 0 amide bonds. The summed E-state index contributed by atoms with van der Waals surface area (Å²) in [6, 6.07) is 13.6. The van der Waals surface area contributed by atoms with Crippen molar-refractivity contribution >= 4 is 10.8 Å². The Morgan fingerprint density at radius 3 is 2.35 bits per heavy atom. The van der Waals surface area contributed by atoms with Gasteiger partial charge in [0.05, 0.1) is 0 Å². The molecule has 4 rings (SSSR count). The number of hydrogen-bond acceptors (Lipinski definition) is 1. The lowest BCUT2D eigenvalue weighted by atomic mass is 9.76. The van der Waals surface area contributed by atoms with Gasteiger partial charge in [-0.2, -0.15) is 13.2 Å². The van der Waals surface area contributed by atoms with E-state index in [-0.39, 0.29) is 5.82 Å². The Balaban J connectivity index is 1.37. The highest BCUT2D eigenvalue weighted by atomic mass is 19.4. The quantitative estimate of drug-likeness (QED) is 0.192. The summed E-state index contributed by atoms with van der Waals surface area (Å²) in [6.07, 6.45) is 6.38. The maximum atomic E-state index is 15.3. The van der Waals surface area contributed by atoms with Gasteiger partial charge in [0.2, 0.25) is 0 Å². The molecule has 3 aromatic carbocycles. The standard InChI is InChI=1S/C31H35F5O/c1-2-3-4-5-21-6-10-23(11-7-21)25-15-16-27-26(19-25)14-13-24(30(27)33)12-8-22-9-17-29(28(32)18-22)37-20-31(34,35)36/h9,13-19,21,23H,2-8,10-12,20H2,1H3. The summed E-state index contributed by atoms with van der Waals surface area (Å²) in [6.45, 7) is 0.694. The molecule has 0 bridgehead atoms. The molecular weight excluding hydrogens is 483 g/mol. The van der Waals surface area contributed by atoms with Gasteiger partial charge in [0, 0.05) is 5.39 Å². The highest BCUT2D eigenvalue weighted by Crippen LogP contribution is 2.39. The van der Waals surface area contributed by atoms with Crippen molar-refractivity contribution in [2.75, 3.05) is 6.61 Å². The van der Waals surface area contributed by atoms with Gasteiger partial charge in [0.25, 0.3) is 0 Å². The zero-order chi connectivity index (χ0) is 26.4. The average Bonchev–Trinajstić information content (AvgIpc) is 2.87. The van der Waals surface area contributed by atoms with Gasteiger partial charge in [-0.25, -0.2) is 8.78 Å². The van der Waals surface area contributed by atoms with Gasteiger partial charge in [0.15, 0.2) is 18.2 Å². The lowest BCUT2D eigenvalue weighted by molar-refractivity contribution is -0.153. The van der Waals surface area contributed by atoms with E-state index >= 15 is 4.39 Å². The van der Waals surface area contributed by atoms with Gasteiger partial charge >= 0.3 is 6.18 Å². The van der Waals surface area contributed by atoms with E-state index in [0.717, 1.165) is 17.4 Å². The first-order chi connectivity index (χ1) is 17.7. The molecule has 0 saturated heterocycles. The van der Waals surface area contributed by atoms with Crippen LogP contribution in [0.4, 0.5) is 22.0 Å². The van der Waals surface area contributed by atoms with Gasteiger partial charge in [-0.15, -0.1) is 0 Å². The van der Waals surface area contributed by atoms with E-state index in [9.17, 15) is 17.6 Å². The number of ether oxygens (including phenoxy) is 1. The number of benzene rings is 3. The molecular formula is C31H35F5O. The van der Waals surface area contributed by atoms with Crippen LogP contribution in [0.5, 0.6) is 5.75 Å². The van der Waals surface area contributed by atoms with Crippen LogP contribution in [0.15, 0.2) is 48.5 Å². The number of hydrogen-bond donors (Lipinski definition) is 0. The normalized spacial score (nSPS) is 18.3. The number of alkyl halides is 3. The molecule has 37 heavy (non-hydrogen) atoms. The first-order valence-corrected chi connectivity index (χ1v) is 13.4. The second-order valence-electron chi connectivity index (χ2n) is 10.4. The first-order valence-electron chi connectivity index (χ1n) is 13.4. The molecule has 0 spiro atoms. The maximum Gasteiger partial charge on any atom is 0.422 e. The lowest BCUT2D eigenvalue weighted by Gasteiger charge is -2.29. The predicted molar refractivity (Wildman–Crippen MR) is 138 cm³/mol. The fourth-order valence-corrected chi connectivity index (χ4v) is 5.53. The zero-order valence-corrected chi connectivity index (χ0v) is 21.3.